The lowest BCUT2D eigenvalue weighted by atomic mass is 9.89. The van der Waals surface area contributed by atoms with Crippen molar-refractivity contribution in [2.75, 3.05) is 32.7 Å². The minimum Gasteiger partial charge on any atom is -0.481 e. The van der Waals surface area contributed by atoms with Gasteiger partial charge in [-0.3, -0.25) is 14.5 Å². The van der Waals surface area contributed by atoms with Gasteiger partial charge in [0, 0.05) is 50.0 Å². The summed E-state index contributed by atoms with van der Waals surface area (Å²) in [6, 6.07) is 25.0. The lowest BCUT2D eigenvalue weighted by Crippen LogP contribution is -2.48. The smallest absolute Gasteiger partial charge is 0.303 e. The van der Waals surface area contributed by atoms with E-state index in [-0.39, 0.29) is 43.5 Å². The number of carbonyl (C=O) groups is 2. The number of nitrogens with one attached hydrogen (secondary N) is 1. The number of ether oxygens (including phenoxy) is 2. The zero-order valence-corrected chi connectivity index (χ0v) is 28.6. The first-order valence-electron chi connectivity index (χ1n) is 18.0. The maximum atomic E-state index is 12.3. The topological polar surface area (TPSA) is 112 Å². The number of aliphatic carboxylic acids is 1. The Morgan fingerprint density at radius 1 is 0.857 bits per heavy atom. The van der Waals surface area contributed by atoms with Crippen LogP contribution in [0, 0.1) is 5.92 Å². The second-order valence-corrected chi connectivity index (χ2v) is 13.9. The Hall–Kier alpha value is -3.60. The Morgan fingerprint density at radius 3 is 2.33 bits per heavy atom. The van der Waals surface area contributed by atoms with Crippen LogP contribution in [0.3, 0.4) is 0 Å². The zero-order valence-electron chi connectivity index (χ0n) is 28.6. The molecule has 9 heteroatoms. The van der Waals surface area contributed by atoms with E-state index in [2.05, 4.69) is 58.4 Å². The van der Waals surface area contributed by atoms with Gasteiger partial charge in [0.2, 0.25) is 5.91 Å². The molecule has 3 aliphatic heterocycles. The van der Waals surface area contributed by atoms with E-state index in [1.807, 2.05) is 36.4 Å². The molecule has 0 aliphatic carbocycles. The summed E-state index contributed by atoms with van der Waals surface area (Å²) in [7, 11) is 0. The number of likely N-dealkylation sites (tertiary alicyclic amines) is 2. The van der Waals surface area contributed by atoms with Gasteiger partial charge in [-0.25, -0.2) is 0 Å². The fraction of sp³-hybridized carbons (Fsp3) is 0.500. The Morgan fingerprint density at radius 2 is 1.59 bits per heavy atom. The average Bonchev–Trinajstić information content (AvgIpc) is 3.81. The van der Waals surface area contributed by atoms with Gasteiger partial charge < -0.3 is 29.9 Å². The number of rotatable bonds is 14. The molecule has 49 heavy (non-hydrogen) atoms. The van der Waals surface area contributed by atoms with Crippen LogP contribution in [-0.4, -0.2) is 76.8 Å². The van der Waals surface area contributed by atoms with E-state index in [4.69, 9.17) is 14.6 Å². The fourth-order valence-corrected chi connectivity index (χ4v) is 7.62. The number of nitrogens with zero attached hydrogens (tertiary/aromatic N) is 2. The Labute approximate surface area is 290 Å². The molecule has 0 aromatic heterocycles. The third-order valence-electron chi connectivity index (χ3n) is 10.5. The van der Waals surface area contributed by atoms with Crippen LogP contribution in [0.2, 0.25) is 0 Å². The molecule has 3 aliphatic rings. The first-order chi connectivity index (χ1) is 23.9. The van der Waals surface area contributed by atoms with Gasteiger partial charge >= 0.3 is 5.97 Å². The van der Waals surface area contributed by atoms with Crippen LogP contribution < -0.4 is 5.32 Å². The summed E-state index contributed by atoms with van der Waals surface area (Å²) in [6.45, 7) is 8.16. The van der Waals surface area contributed by atoms with E-state index in [1.165, 1.54) is 38.8 Å². The molecule has 6 rings (SSSR count). The average molecular weight is 670 g/mol. The first kappa shape index (κ1) is 35.2. The highest BCUT2D eigenvalue weighted by Crippen LogP contribution is 2.42. The molecule has 3 N–H and O–H groups in total. The SMILES string of the molecule is C[C@H]1[C@@H](CN2CCC[C@H]2CN2CCCC2)O[C@@H](c2ccc(-c3ccccc3CNC(=O)CCCC(=O)O)cc2)O[C@H]1c1ccc(CO)cc1. The molecule has 3 heterocycles. The Balaban J connectivity index is 1.18. The molecule has 0 spiro atoms. The lowest BCUT2D eigenvalue weighted by molar-refractivity contribution is -0.276. The summed E-state index contributed by atoms with van der Waals surface area (Å²) in [5.41, 5.74) is 5.97. The normalized spacial score (nSPS) is 24.7. The predicted octanol–water partition coefficient (Wildman–Crippen LogP) is 6.07. The number of carboxylic acid groups (broad SMARTS) is 1. The van der Waals surface area contributed by atoms with Crippen molar-refractivity contribution in [2.45, 2.75) is 89.6 Å². The highest BCUT2D eigenvalue weighted by atomic mass is 16.7. The molecule has 1 amide bonds. The van der Waals surface area contributed by atoms with E-state index in [1.54, 1.807) is 0 Å². The summed E-state index contributed by atoms with van der Waals surface area (Å²) in [6.07, 6.45) is 4.87. The molecule has 0 radical (unpaired) electrons. The van der Waals surface area contributed by atoms with Crippen molar-refractivity contribution in [3.8, 4) is 11.1 Å². The summed E-state index contributed by atoms with van der Waals surface area (Å²) in [5.74, 6) is -0.913. The number of hydrogen-bond acceptors (Lipinski definition) is 7. The maximum Gasteiger partial charge on any atom is 0.303 e. The molecular formula is C40H51N3O6. The standard InChI is InChI=1S/C40H51N3O6/c1-28-36(26-43-23-7-9-34(43)25-42-21-4-5-22-42)48-40(49-39(28)31-15-13-29(27-44)14-16-31)32-19-17-30(18-20-32)35-10-3-2-8-33(35)24-41-37(45)11-6-12-38(46)47/h2-3,8,10,13-20,28,34,36,39-40,44H,4-7,9,11-12,21-27H2,1H3,(H,41,45)(H,46,47)/t28-,34-,36+,39+,40+/m0/s1. The van der Waals surface area contributed by atoms with Gasteiger partial charge in [0.1, 0.15) is 0 Å². The Bertz CT molecular complexity index is 1520. The van der Waals surface area contributed by atoms with Crippen molar-refractivity contribution in [3.63, 3.8) is 0 Å². The predicted molar refractivity (Wildman–Crippen MR) is 188 cm³/mol. The van der Waals surface area contributed by atoms with Crippen LogP contribution >= 0.6 is 0 Å². The van der Waals surface area contributed by atoms with Crippen molar-refractivity contribution < 1.29 is 29.3 Å². The van der Waals surface area contributed by atoms with Crippen LogP contribution in [-0.2, 0) is 32.2 Å². The first-order valence-corrected chi connectivity index (χ1v) is 18.0. The Kier molecular flexibility index (Phi) is 12.1. The largest absolute Gasteiger partial charge is 0.481 e. The molecule has 3 fully saturated rings. The van der Waals surface area contributed by atoms with Crippen LogP contribution in [0.15, 0.2) is 72.8 Å². The molecular weight excluding hydrogens is 618 g/mol. The lowest BCUT2D eigenvalue weighted by Gasteiger charge is -2.43. The third kappa shape index (κ3) is 9.15. The molecule has 5 atom stereocenters. The second kappa shape index (κ2) is 16.9. The minimum atomic E-state index is -0.893. The summed E-state index contributed by atoms with van der Waals surface area (Å²) >= 11 is 0. The summed E-state index contributed by atoms with van der Waals surface area (Å²) in [4.78, 5) is 28.4. The van der Waals surface area contributed by atoms with Gasteiger partial charge in [-0.05, 0) is 79.6 Å². The van der Waals surface area contributed by atoms with Crippen LogP contribution in [0.4, 0.5) is 0 Å². The molecule has 262 valence electrons. The quantitative estimate of drug-likeness (QED) is 0.190. The van der Waals surface area contributed by atoms with Crippen LogP contribution in [0.25, 0.3) is 11.1 Å². The van der Waals surface area contributed by atoms with Crippen molar-refractivity contribution in [2.24, 2.45) is 5.92 Å². The van der Waals surface area contributed by atoms with Crippen LogP contribution in [0.5, 0.6) is 0 Å². The number of amides is 1. The number of aliphatic hydroxyl groups excluding tert-OH is 1. The van der Waals surface area contributed by atoms with E-state index >= 15 is 0 Å². The number of carbonyl (C=O) groups excluding carboxylic acids is 1. The van der Waals surface area contributed by atoms with Gasteiger partial charge in [0.05, 0.1) is 18.8 Å². The number of hydrogen-bond donors (Lipinski definition) is 3. The monoisotopic (exact) mass is 669 g/mol. The molecule has 0 saturated carbocycles. The maximum absolute atomic E-state index is 12.3. The molecule has 3 saturated heterocycles. The van der Waals surface area contributed by atoms with Gasteiger partial charge in [0.15, 0.2) is 6.29 Å². The number of benzene rings is 3. The van der Waals surface area contributed by atoms with E-state index < -0.39 is 12.3 Å². The number of carboxylic acids is 1. The second-order valence-electron chi connectivity index (χ2n) is 13.9. The van der Waals surface area contributed by atoms with Gasteiger partial charge in [-0.1, -0.05) is 79.7 Å². The van der Waals surface area contributed by atoms with Crippen molar-refractivity contribution >= 4 is 11.9 Å². The van der Waals surface area contributed by atoms with Crippen molar-refractivity contribution in [3.05, 3.63) is 95.1 Å². The molecule has 0 unspecified atom stereocenters. The van der Waals surface area contributed by atoms with E-state index in [0.717, 1.165) is 53.0 Å². The van der Waals surface area contributed by atoms with E-state index in [9.17, 15) is 14.7 Å². The highest BCUT2D eigenvalue weighted by molar-refractivity contribution is 5.77. The van der Waals surface area contributed by atoms with Crippen LogP contribution in [0.1, 0.15) is 86.5 Å². The summed E-state index contributed by atoms with van der Waals surface area (Å²) in [5, 5.41) is 21.4. The molecule has 0 bridgehead atoms. The van der Waals surface area contributed by atoms with Gasteiger partial charge in [-0.15, -0.1) is 0 Å². The van der Waals surface area contributed by atoms with Gasteiger partial charge in [-0.2, -0.15) is 0 Å². The fourth-order valence-electron chi connectivity index (χ4n) is 7.62. The summed E-state index contributed by atoms with van der Waals surface area (Å²) < 4.78 is 13.6. The number of aliphatic hydroxyl groups is 1. The molecule has 3 aromatic carbocycles. The zero-order chi connectivity index (χ0) is 34.2. The highest BCUT2D eigenvalue weighted by Gasteiger charge is 2.40. The minimum absolute atomic E-state index is 0.0116. The van der Waals surface area contributed by atoms with E-state index in [0.29, 0.717) is 19.0 Å². The van der Waals surface area contributed by atoms with Crippen molar-refractivity contribution in [1.82, 2.24) is 15.1 Å². The third-order valence-corrected chi connectivity index (χ3v) is 10.5. The molecule has 3 aromatic rings. The van der Waals surface area contributed by atoms with Gasteiger partial charge in [0.25, 0.3) is 0 Å². The molecule has 9 nitrogen and oxygen atoms in total. The van der Waals surface area contributed by atoms with Crippen molar-refractivity contribution in [1.29, 1.82) is 0 Å².